The van der Waals surface area contributed by atoms with Crippen LogP contribution in [0.1, 0.15) is 34.6 Å². The van der Waals surface area contributed by atoms with Crippen LogP contribution in [0.5, 0.6) is 11.5 Å². The first kappa shape index (κ1) is 25.4. The molecule has 0 aliphatic carbocycles. The smallest absolute Gasteiger partial charge is 0.419 e. The van der Waals surface area contributed by atoms with E-state index in [4.69, 9.17) is 14.6 Å². The summed E-state index contributed by atoms with van der Waals surface area (Å²) in [6, 6.07) is 6.46. The number of carbonyl (C=O) groups is 1. The summed E-state index contributed by atoms with van der Waals surface area (Å²) in [6.45, 7) is 0.837. The van der Waals surface area contributed by atoms with Crippen molar-refractivity contribution in [2.24, 2.45) is 0 Å². The number of anilines is 1. The third-order valence-corrected chi connectivity index (χ3v) is 6.94. The number of thiazole rings is 1. The number of hydrogen-bond donors (Lipinski definition) is 2. The monoisotopic (exact) mass is 547 g/mol. The topological polar surface area (TPSA) is 131 Å². The molecule has 4 heterocycles. The van der Waals surface area contributed by atoms with Gasteiger partial charge in [0.1, 0.15) is 34.7 Å². The molecule has 1 saturated heterocycles. The molecular formula is C24H20F3N5O5S. The fraction of sp³-hybridized carbons (Fsp3) is 0.292. The molecule has 1 aromatic carbocycles. The molecule has 0 atom stereocenters. The third-order valence-electron chi connectivity index (χ3n) is 5.84. The number of hydrogen-bond acceptors (Lipinski definition) is 9. The normalized spacial score (nSPS) is 14.6. The molecule has 10 nitrogen and oxygen atoms in total. The van der Waals surface area contributed by atoms with Gasteiger partial charge in [0.2, 0.25) is 0 Å². The Morgan fingerprint density at radius 3 is 2.68 bits per heavy atom. The van der Waals surface area contributed by atoms with E-state index < -0.39 is 23.3 Å². The van der Waals surface area contributed by atoms with Gasteiger partial charge in [-0.2, -0.15) is 18.2 Å². The Morgan fingerprint density at radius 1 is 1.18 bits per heavy atom. The number of alkyl halides is 3. The zero-order valence-electron chi connectivity index (χ0n) is 19.6. The fourth-order valence-electron chi connectivity index (χ4n) is 3.99. The molecule has 2 N–H and O–H groups in total. The van der Waals surface area contributed by atoms with Crippen LogP contribution in [0.2, 0.25) is 0 Å². The summed E-state index contributed by atoms with van der Waals surface area (Å²) in [6.07, 6.45) is -1.39. The van der Waals surface area contributed by atoms with Crippen LogP contribution in [0, 0.1) is 0 Å². The van der Waals surface area contributed by atoms with Crippen molar-refractivity contribution in [2.75, 3.05) is 18.0 Å². The quantitative estimate of drug-likeness (QED) is 0.351. The number of rotatable bonds is 7. The number of fused-ring (bicyclic) bond motifs is 1. The van der Waals surface area contributed by atoms with Crippen molar-refractivity contribution in [1.29, 1.82) is 0 Å². The van der Waals surface area contributed by atoms with Gasteiger partial charge in [0.15, 0.2) is 10.8 Å². The molecule has 1 aliphatic heterocycles. The lowest BCUT2D eigenvalue weighted by Gasteiger charge is -2.32. The molecule has 0 bridgehead atoms. The molecule has 3 aromatic heterocycles. The van der Waals surface area contributed by atoms with Crippen LogP contribution >= 0.6 is 11.3 Å². The Labute approximate surface area is 216 Å². The lowest BCUT2D eigenvalue weighted by molar-refractivity contribution is -0.139. The van der Waals surface area contributed by atoms with Crippen molar-refractivity contribution >= 4 is 32.8 Å². The second-order valence-electron chi connectivity index (χ2n) is 8.46. The van der Waals surface area contributed by atoms with Gasteiger partial charge in [-0.05, 0) is 18.2 Å². The van der Waals surface area contributed by atoms with Crippen LogP contribution in [0.4, 0.5) is 18.3 Å². The van der Waals surface area contributed by atoms with Gasteiger partial charge >= 0.3 is 12.1 Å². The summed E-state index contributed by atoms with van der Waals surface area (Å²) in [7, 11) is 0. The molecule has 38 heavy (non-hydrogen) atoms. The standard InChI is InChI=1S/C24H20F3N5O5S/c25-24(26,27)16-3-1-2-4-17(16)37-14-5-7-32(8-6-14)23-31-20-19(38-23)21(33)30-18(29-20)12-36-15-9-13(22(34)35)10-28-11-15/h1-4,9-11,14H,5-8,12H2,(H,34,35)(H,29,30,33). The van der Waals surface area contributed by atoms with Gasteiger partial charge < -0.3 is 24.5 Å². The van der Waals surface area contributed by atoms with Gasteiger partial charge in [0.25, 0.3) is 5.56 Å². The highest BCUT2D eigenvalue weighted by molar-refractivity contribution is 7.22. The Morgan fingerprint density at radius 2 is 1.95 bits per heavy atom. The number of nitrogens with one attached hydrogen (secondary N) is 1. The molecule has 4 aromatic rings. The number of nitrogens with zero attached hydrogens (tertiary/aromatic N) is 4. The number of para-hydroxylation sites is 1. The van der Waals surface area contributed by atoms with E-state index in [0.717, 1.165) is 6.07 Å². The Hall–Kier alpha value is -4.20. The van der Waals surface area contributed by atoms with Crippen molar-refractivity contribution in [3.05, 3.63) is 70.0 Å². The second kappa shape index (κ2) is 10.3. The highest BCUT2D eigenvalue weighted by Crippen LogP contribution is 2.37. The number of halogens is 3. The van der Waals surface area contributed by atoms with Crippen molar-refractivity contribution in [1.82, 2.24) is 19.9 Å². The number of benzene rings is 1. The maximum Gasteiger partial charge on any atom is 0.419 e. The number of piperidine rings is 1. The number of aromatic nitrogens is 4. The number of carboxylic acid groups (broad SMARTS) is 1. The van der Waals surface area contributed by atoms with E-state index in [1.807, 2.05) is 4.90 Å². The molecule has 0 radical (unpaired) electrons. The molecule has 0 amide bonds. The first-order chi connectivity index (χ1) is 18.2. The fourth-order valence-corrected chi connectivity index (χ4v) is 4.94. The van der Waals surface area contributed by atoms with E-state index in [1.165, 1.54) is 48.0 Å². The van der Waals surface area contributed by atoms with Crippen molar-refractivity contribution in [3.8, 4) is 11.5 Å². The van der Waals surface area contributed by atoms with E-state index in [0.29, 0.717) is 35.8 Å². The summed E-state index contributed by atoms with van der Waals surface area (Å²) < 4.78 is 51.3. The van der Waals surface area contributed by atoms with E-state index >= 15 is 0 Å². The number of aromatic amines is 1. The van der Waals surface area contributed by atoms with E-state index in [-0.39, 0.29) is 41.2 Å². The molecule has 1 aliphatic rings. The SMILES string of the molecule is O=C(O)c1cncc(OCc2nc3nc(N4CCC(Oc5ccccc5C(F)(F)F)CC4)sc3c(=O)[nH]2)c1. The summed E-state index contributed by atoms with van der Waals surface area (Å²) in [5.41, 5.74) is -0.995. The van der Waals surface area contributed by atoms with Gasteiger partial charge in [0, 0.05) is 32.1 Å². The van der Waals surface area contributed by atoms with Crippen LogP contribution in [-0.4, -0.2) is 50.2 Å². The summed E-state index contributed by atoms with van der Waals surface area (Å²) in [4.78, 5) is 40.9. The molecule has 5 rings (SSSR count). The van der Waals surface area contributed by atoms with E-state index in [9.17, 15) is 22.8 Å². The van der Waals surface area contributed by atoms with Crippen LogP contribution in [-0.2, 0) is 12.8 Å². The number of aromatic carboxylic acids is 1. The summed E-state index contributed by atoms with van der Waals surface area (Å²) >= 11 is 1.17. The molecular weight excluding hydrogens is 527 g/mol. The highest BCUT2D eigenvalue weighted by Gasteiger charge is 2.35. The van der Waals surface area contributed by atoms with Gasteiger partial charge in [-0.25, -0.2) is 9.78 Å². The molecule has 0 spiro atoms. The third kappa shape index (κ3) is 5.54. The number of carboxylic acids is 1. The molecule has 0 unspecified atom stereocenters. The predicted molar refractivity (Wildman–Crippen MR) is 131 cm³/mol. The predicted octanol–water partition coefficient (Wildman–Crippen LogP) is 4.12. The van der Waals surface area contributed by atoms with Crippen molar-refractivity contribution < 1.29 is 32.5 Å². The zero-order valence-corrected chi connectivity index (χ0v) is 20.4. The highest BCUT2D eigenvalue weighted by atomic mass is 32.1. The lowest BCUT2D eigenvalue weighted by Crippen LogP contribution is -2.38. The Kier molecular flexibility index (Phi) is 6.89. The van der Waals surface area contributed by atoms with Gasteiger partial charge in [0.05, 0.1) is 17.3 Å². The zero-order chi connectivity index (χ0) is 26.9. The minimum absolute atomic E-state index is 0.0396. The maximum atomic E-state index is 13.3. The van der Waals surface area contributed by atoms with Gasteiger partial charge in [-0.3, -0.25) is 9.78 Å². The minimum Gasteiger partial charge on any atom is -0.490 e. The van der Waals surface area contributed by atoms with Crippen molar-refractivity contribution in [2.45, 2.75) is 31.7 Å². The average Bonchev–Trinajstić information content (AvgIpc) is 3.33. The lowest BCUT2D eigenvalue weighted by atomic mass is 10.1. The number of ether oxygens (including phenoxy) is 2. The first-order valence-corrected chi connectivity index (χ1v) is 12.3. The number of pyridine rings is 1. The van der Waals surface area contributed by atoms with E-state index in [2.05, 4.69) is 19.9 Å². The largest absolute Gasteiger partial charge is 0.490 e. The second-order valence-corrected chi connectivity index (χ2v) is 9.44. The Balaban J connectivity index is 1.24. The Bertz CT molecular complexity index is 1530. The van der Waals surface area contributed by atoms with Crippen LogP contribution in [0.15, 0.2) is 47.5 Å². The van der Waals surface area contributed by atoms with E-state index in [1.54, 1.807) is 0 Å². The van der Waals surface area contributed by atoms with Crippen molar-refractivity contribution in [3.63, 3.8) is 0 Å². The van der Waals surface area contributed by atoms with Crippen LogP contribution in [0.3, 0.4) is 0 Å². The summed E-state index contributed by atoms with van der Waals surface area (Å²) in [5.74, 6) is -0.924. The molecule has 1 fully saturated rings. The van der Waals surface area contributed by atoms with Gasteiger partial charge in [-0.15, -0.1) is 0 Å². The number of H-pyrrole nitrogens is 1. The molecule has 0 saturated carbocycles. The maximum absolute atomic E-state index is 13.3. The summed E-state index contributed by atoms with van der Waals surface area (Å²) in [5, 5.41) is 9.64. The van der Waals surface area contributed by atoms with Crippen LogP contribution < -0.4 is 19.9 Å². The minimum atomic E-state index is -4.50. The average molecular weight is 548 g/mol. The first-order valence-electron chi connectivity index (χ1n) is 11.5. The van der Waals surface area contributed by atoms with Gasteiger partial charge in [-0.1, -0.05) is 23.5 Å². The molecule has 14 heteroatoms. The molecule has 198 valence electrons. The van der Waals surface area contributed by atoms with Crippen LogP contribution in [0.25, 0.3) is 10.3 Å².